The van der Waals surface area contributed by atoms with E-state index in [1.54, 1.807) is 0 Å². The van der Waals surface area contributed by atoms with E-state index in [4.69, 9.17) is 9.47 Å². The summed E-state index contributed by atoms with van der Waals surface area (Å²) in [6.45, 7) is 12.8. The van der Waals surface area contributed by atoms with Crippen LogP contribution in [0.4, 0.5) is 0 Å². The van der Waals surface area contributed by atoms with Gasteiger partial charge in [-0.05, 0) is 27.7 Å². The lowest BCUT2D eigenvalue weighted by molar-refractivity contribution is -0.127. The van der Waals surface area contributed by atoms with Crippen molar-refractivity contribution in [2.24, 2.45) is 0 Å². The third kappa shape index (κ3) is 7.57. The van der Waals surface area contributed by atoms with Crippen molar-refractivity contribution >= 4 is 11.8 Å². The number of hydrogen-bond donors (Lipinski definition) is 2. The molecule has 2 N–H and O–H groups in total. The predicted molar refractivity (Wildman–Crippen MR) is 98.9 cm³/mol. The van der Waals surface area contributed by atoms with Crippen molar-refractivity contribution in [1.82, 2.24) is 20.4 Å². The number of nitrogens with zero attached hydrogens (tertiary/aromatic N) is 2. The van der Waals surface area contributed by atoms with Crippen LogP contribution in [0.1, 0.15) is 27.7 Å². The summed E-state index contributed by atoms with van der Waals surface area (Å²) in [6, 6.07) is 0. The minimum Gasteiger partial charge on any atom is -0.373 e. The highest BCUT2D eigenvalue weighted by atomic mass is 16.5. The Hall–Kier alpha value is -1.22. The van der Waals surface area contributed by atoms with Crippen LogP contribution in [0.5, 0.6) is 0 Å². The van der Waals surface area contributed by atoms with E-state index in [1.165, 1.54) is 0 Å². The van der Waals surface area contributed by atoms with E-state index in [9.17, 15) is 9.59 Å². The zero-order valence-electron chi connectivity index (χ0n) is 16.5. The van der Waals surface area contributed by atoms with Crippen LogP contribution in [0.3, 0.4) is 0 Å². The van der Waals surface area contributed by atoms with Gasteiger partial charge in [-0.1, -0.05) is 0 Å². The summed E-state index contributed by atoms with van der Waals surface area (Å²) in [5.41, 5.74) is 0. The molecule has 2 fully saturated rings. The third-order valence-electron chi connectivity index (χ3n) is 4.49. The van der Waals surface area contributed by atoms with E-state index >= 15 is 0 Å². The van der Waals surface area contributed by atoms with Crippen LogP contribution in [-0.2, 0) is 19.1 Å². The SMILES string of the molecule is CC1CN(CC(=O)NCCNC(=O)CN2CC(C)OC(C)C2)CC(C)O1. The maximum Gasteiger partial charge on any atom is 0.234 e. The molecule has 2 rings (SSSR count). The molecule has 26 heavy (non-hydrogen) atoms. The third-order valence-corrected chi connectivity index (χ3v) is 4.49. The van der Waals surface area contributed by atoms with Crippen molar-refractivity contribution in [1.29, 1.82) is 0 Å². The topological polar surface area (TPSA) is 83.1 Å². The van der Waals surface area contributed by atoms with E-state index in [0.29, 0.717) is 26.2 Å². The molecule has 0 aliphatic carbocycles. The Kier molecular flexibility index (Phi) is 8.27. The van der Waals surface area contributed by atoms with Gasteiger partial charge in [0.15, 0.2) is 0 Å². The normalized spacial score (nSPS) is 30.8. The molecule has 2 aliphatic heterocycles. The van der Waals surface area contributed by atoms with Gasteiger partial charge < -0.3 is 20.1 Å². The van der Waals surface area contributed by atoms with Gasteiger partial charge in [-0.25, -0.2) is 0 Å². The Morgan fingerprint density at radius 2 is 1.04 bits per heavy atom. The first-order chi connectivity index (χ1) is 12.3. The standard InChI is InChI=1S/C18H34N4O4/c1-13-7-21(8-14(2)25-13)11-17(23)19-5-6-20-18(24)12-22-9-15(3)26-16(4)10-22/h13-16H,5-12H2,1-4H3,(H,19,23)(H,20,24). The van der Waals surface area contributed by atoms with Crippen molar-refractivity contribution in [3.05, 3.63) is 0 Å². The van der Waals surface area contributed by atoms with Crippen LogP contribution in [0, 0.1) is 0 Å². The Bertz CT molecular complexity index is 414. The fraction of sp³-hybridized carbons (Fsp3) is 0.889. The average molecular weight is 370 g/mol. The van der Waals surface area contributed by atoms with Crippen LogP contribution < -0.4 is 10.6 Å². The van der Waals surface area contributed by atoms with Crippen molar-refractivity contribution < 1.29 is 19.1 Å². The number of amides is 2. The quantitative estimate of drug-likeness (QED) is 0.585. The van der Waals surface area contributed by atoms with Gasteiger partial charge in [-0.2, -0.15) is 0 Å². The van der Waals surface area contributed by atoms with E-state index in [1.807, 2.05) is 27.7 Å². The molecule has 2 heterocycles. The molecule has 2 aliphatic rings. The Morgan fingerprint density at radius 3 is 1.35 bits per heavy atom. The first-order valence-electron chi connectivity index (χ1n) is 9.61. The van der Waals surface area contributed by atoms with E-state index < -0.39 is 0 Å². The zero-order chi connectivity index (χ0) is 19.1. The van der Waals surface area contributed by atoms with E-state index in [2.05, 4.69) is 20.4 Å². The molecular weight excluding hydrogens is 336 g/mol. The van der Waals surface area contributed by atoms with Gasteiger partial charge in [0.05, 0.1) is 37.5 Å². The second-order valence-corrected chi connectivity index (χ2v) is 7.60. The molecule has 8 heteroatoms. The summed E-state index contributed by atoms with van der Waals surface area (Å²) in [5.74, 6) is -0.0345. The molecule has 0 radical (unpaired) electrons. The van der Waals surface area contributed by atoms with Crippen molar-refractivity contribution in [2.45, 2.75) is 52.1 Å². The zero-order valence-corrected chi connectivity index (χ0v) is 16.5. The van der Waals surface area contributed by atoms with E-state index in [0.717, 1.165) is 26.2 Å². The van der Waals surface area contributed by atoms with Crippen LogP contribution in [0.2, 0.25) is 0 Å². The van der Waals surface area contributed by atoms with Gasteiger partial charge in [-0.15, -0.1) is 0 Å². The maximum absolute atomic E-state index is 12.0. The highest BCUT2D eigenvalue weighted by Gasteiger charge is 2.24. The summed E-state index contributed by atoms with van der Waals surface area (Å²) in [4.78, 5) is 28.3. The molecule has 0 spiro atoms. The number of nitrogens with one attached hydrogen (secondary N) is 2. The van der Waals surface area contributed by atoms with Gasteiger partial charge in [0.25, 0.3) is 0 Å². The molecule has 0 aromatic carbocycles. The maximum atomic E-state index is 12.0. The summed E-state index contributed by atoms with van der Waals surface area (Å²) in [7, 11) is 0. The molecular formula is C18H34N4O4. The molecule has 0 bridgehead atoms. The van der Waals surface area contributed by atoms with Gasteiger partial charge in [0.2, 0.25) is 11.8 Å². The Morgan fingerprint density at radius 1 is 0.731 bits per heavy atom. The van der Waals surface area contributed by atoms with Crippen LogP contribution in [0.15, 0.2) is 0 Å². The number of hydrogen-bond acceptors (Lipinski definition) is 6. The minimum absolute atomic E-state index is 0.0172. The van der Waals surface area contributed by atoms with E-state index in [-0.39, 0.29) is 36.2 Å². The second-order valence-electron chi connectivity index (χ2n) is 7.60. The molecule has 2 saturated heterocycles. The Labute approximate surface area is 156 Å². The number of ether oxygens (including phenoxy) is 2. The number of rotatable bonds is 7. The van der Waals surface area contributed by atoms with Gasteiger partial charge >= 0.3 is 0 Å². The van der Waals surface area contributed by atoms with Crippen LogP contribution >= 0.6 is 0 Å². The lowest BCUT2D eigenvalue weighted by Crippen LogP contribution is -2.50. The molecule has 0 aromatic rings. The summed E-state index contributed by atoms with van der Waals surface area (Å²) in [5, 5.41) is 5.73. The average Bonchev–Trinajstić information content (AvgIpc) is 2.49. The molecule has 0 saturated carbocycles. The number of morpholine rings is 2. The lowest BCUT2D eigenvalue weighted by atomic mass is 10.2. The monoisotopic (exact) mass is 370 g/mol. The van der Waals surface area contributed by atoms with Gasteiger partial charge in [0.1, 0.15) is 0 Å². The van der Waals surface area contributed by atoms with Crippen molar-refractivity contribution in [3.8, 4) is 0 Å². The highest BCUT2D eigenvalue weighted by Crippen LogP contribution is 2.10. The fourth-order valence-corrected chi connectivity index (χ4v) is 3.75. The van der Waals surface area contributed by atoms with Crippen molar-refractivity contribution in [3.63, 3.8) is 0 Å². The van der Waals surface area contributed by atoms with Crippen molar-refractivity contribution in [2.75, 3.05) is 52.4 Å². The molecule has 0 aromatic heterocycles. The molecule has 4 atom stereocenters. The Balaban J connectivity index is 1.56. The largest absolute Gasteiger partial charge is 0.373 e. The number of carbonyl (C=O) groups excluding carboxylic acids is 2. The summed E-state index contributed by atoms with van der Waals surface area (Å²) in [6.07, 6.45) is 0.598. The first kappa shape index (κ1) is 21.1. The number of carbonyl (C=O) groups is 2. The smallest absolute Gasteiger partial charge is 0.234 e. The van der Waals surface area contributed by atoms with Gasteiger partial charge in [0, 0.05) is 39.3 Å². The highest BCUT2D eigenvalue weighted by molar-refractivity contribution is 5.79. The second kappa shape index (κ2) is 10.2. The summed E-state index contributed by atoms with van der Waals surface area (Å²) < 4.78 is 11.3. The fourth-order valence-electron chi connectivity index (χ4n) is 3.75. The summed E-state index contributed by atoms with van der Waals surface area (Å²) >= 11 is 0. The minimum atomic E-state index is -0.0172. The first-order valence-corrected chi connectivity index (χ1v) is 9.61. The van der Waals surface area contributed by atoms with Crippen LogP contribution in [-0.4, -0.2) is 98.4 Å². The predicted octanol–water partition coefficient (Wildman–Crippen LogP) is -0.563. The lowest BCUT2D eigenvalue weighted by Gasteiger charge is -2.35. The molecule has 8 nitrogen and oxygen atoms in total. The van der Waals surface area contributed by atoms with Crippen LogP contribution in [0.25, 0.3) is 0 Å². The van der Waals surface area contributed by atoms with Gasteiger partial charge in [-0.3, -0.25) is 19.4 Å². The molecule has 2 amide bonds. The molecule has 150 valence electrons. The molecule has 4 unspecified atom stereocenters.